The molecule has 0 N–H and O–H groups in total. The van der Waals surface area contributed by atoms with Crippen LogP contribution in [0.5, 0.6) is 0 Å². The highest BCUT2D eigenvalue weighted by atomic mass is 127. The van der Waals surface area contributed by atoms with Gasteiger partial charge in [-0.1, -0.05) is 0 Å². The summed E-state index contributed by atoms with van der Waals surface area (Å²) in [6.45, 7) is -0.362. The third-order valence-electron chi connectivity index (χ3n) is 2.44. The monoisotopic (exact) mass is 378 g/mol. The van der Waals surface area contributed by atoms with Crippen molar-refractivity contribution in [3.63, 3.8) is 0 Å². The molecule has 0 radical (unpaired) electrons. The topological polar surface area (TPSA) is 105 Å². The van der Waals surface area contributed by atoms with E-state index in [9.17, 15) is 19.7 Å². The largest absolute Gasteiger partial charge is 0.468 e. The third kappa shape index (κ3) is 2.45. The van der Waals surface area contributed by atoms with Crippen LogP contribution in [0.25, 0.3) is 11.1 Å². The minimum atomic E-state index is -0.765. The number of benzene rings is 1. The standard InChI is InChI=1S/C10H7IN2O6/c1-18-8(14)4-12-7-3-5(13(16)17)2-6(11)9(7)19-10(12)15/h2-3H,4H2,1H3. The SMILES string of the molecule is COC(=O)Cn1c(=O)oc2c(I)cc([N+](=O)[O-])cc21. The number of rotatable bonds is 3. The average Bonchev–Trinajstić information content (AvgIpc) is 2.67. The van der Waals surface area contributed by atoms with Crippen molar-refractivity contribution < 1.29 is 18.9 Å². The number of methoxy groups -OCH3 is 1. The molecule has 0 saturated heterocycles. The summed E-state index contributed by atoms with van der Waals surface area (Å²) in [5.74, 6) is -1.41. The van der Waals surface area contributed by atoms with Crippen molar-refractivity contribution in [2.45, 2.75) is 6.54 Å². The summed E-state index contributed by atoms with van der Waals surface area (Å²) in [5, 5.41) is 10.8. The predicted molar refractivity (Wildman–Crippen MR) is 71.9 cm³/mol. The van der Waals surface area contributed by atoms with Crippen LogP contribution in [0.4, 0.5) is 5.69 Å². The van der Waals surface area contributed by atoms with Gasteiger partial charge in [0.15, 0.2) is 5.58 Å². The lowest BCUT2D eigenvalue weighted by atomic mass is 10.3. The zero-order valence-electron chi connectivity index (χ0n) is 9.58. The molecule has 8 nitrogen and oxygen atoms in total. The number of aromatic nitrogens is 1. The van der Waals surface area contributed by atoms with Crippen LogP contribution in [0.3, 0.4) is 0 Å². The molecular weight excluding hydrogens is 371 g/mol. The first-order valence-electron chi connectivity index (χ1n) is 4.98. The summed E-state index contributed by atoms with van der Waals surface area (Å²) < 4.78 is 10.9. The molecule has 1 heterocycles. The van der Waals surface area contributed by atoms with Gasteiger partial charge in [-0.15, -0.1) is 0 Å². The molecule has 1 aromatic heterocycles. The number of esters is 1. The number of hydrogen-bond acceptors (Lipinski definition) is 6. The van der Waals surface area contributed by atoms with Crippen LogP contribution in [0.1, 0.15) is 0 Å². The molecule has 0 aliphatic heterocycles. The second-order valence-electron chi connectivity index (χ2n) is 3.56. The third-order valence-corrected chi connectivity index (χ3v) is 3.24. The number of ether oxygens (including phenoxy) is 1. The van der Waals surface area contributed by atoms with E-state index in [1.54, 1.807) is 0 Å². The zero-order valence-corrected chi connectivity index (χ0v) is 11.7. The maximum Gasteiger partial charge on any atom is 0.420 e. The Morgan fingerprint density at radius 1 is 1.58 bits per heavy atom. The van der Waals surface area contributed by atoms with Gasteiger partial charge < -0.3 is 9.15 Å². The Morgan fingerprint density at radius 2 is 2.26 bits per heavy atom. The number of carbonyl (C=O) groups is 1. The first-order valence-corrected chi connectivity index (χ1v) is 6.06. The number of fused-ring (bicyclic) bond motifs is 1. The summed E-state index contributed by atoms with van der Waals surface area (Å²) in [6.07, 6.45) is 0. The van der Waals surface area contributed by atoms with Crippen molar-refractivity contribution in [3.05, 3.63) is 36.4 Å². The number of non-ortho nitro benzene ring substituents is 1. The Labute approximate surface area is 119 Å². The molecule has 0 spiro atoms. The highest BCUT2D eigenvalue weighted by Crippen LogP contribution is 2.26. The van der Waals surface area contributed by atoms with Crippen molar-refractivity contribution in [1.82, 2.24) is 4.57 Å². The van der Waals surface area contributed by atoms with Crippen LogP contribution in [0.15, 0.2) is 21.3 Å². The maximum atomic E-state index is 11.6. The summed E-state index contributed by atoms with van der Waals surface area (Å²) in [6, 6.07) is 2.47. The predicted octanol–water partition coefficient (Wildman–Crippen LogP) is 1.28. The van der Waals surface area contributed by atoms with Gasteiger partial charge in [0, 0.05) is 12.1 Å². The second kappa shape index (κ2) is 4.99. The van der Waals surface area contributed by atoms with Crippen LogP contribution in [0, 0.1) is 13.7 Å². The fourth-order valence-electron chi connectivity index (χ4n) is 1.56. The number of nitro groups is 1. The van der Waals surface area contributed by atoms with Crippen LogP contribution >= 0.6 is 22.6 Å². The fraction of sp³-hybridized carbons (Fsp3) is 0.200. The number of oxazole rings is 1. The number of nitrogens with zero attached hydrogens (tertiary/aromatic N) is 2. The molecule has 9 heteroatoms. The van der Waals surface area contributed by atoms with Crippen molar-refractivity contribution in [1.29, 1.82) is 0 Å². The molecule has 2 aromatic rings. The van der Waals surface area contributed by atoms with Gasteiger partial charge in [-0.3, -0.25) is 19.5 Å². The van der Waals surface area contributed by atoms with Crippen molar-refractivity contribution in [2.75, 3.05) is 7.11 Å². The van der Waals surface area contributed by atoms with E-state index < -0.39 is 16.6 Å². The average molecular weight is 378 g/mol. The van der Waals surface area contributed by atoms with E-state index in [-0.39, 0.29) is 23.3 Å². The summed E-state index contributed by atoms with van der Waals surface area (Å²) >= 11 is 1.82. The second-order valence-corrected chi connectivity index (χ2v) is 4.73. The van der Waals surface area contributed by atoms with E-state index in [0.29, 0.717) is 3.57 Å². The zero-order chi connectivity index (χ0) is 14.2. The molecule has 1 aromatic carbocycles. The molecule has 0 atom stereocenters. The Balaban J connectivity index is 2.70. The van der Waals surface area contributed by atoms with E-state index in [2.05, 4.69) is 4.74 Å². The van der Waals surface area contributed by atoms with E-state index >= 15 is 0 Å². The van der Waals surface area contributed by atoms with Gasteiger partial charge in [-0.2, -0.15) is 0 Å². The maximum absolute atomic E-state index is 11.6. The van der Waals surface area contributed by atoms with Gasteiger partial charge in [-0.05, 0) is 22.6 Å². The Morgan fingerprint density at radius 3 is 2.84 bits per heavy atom. The van der Waals surface area contributed by atoms with Gasteiger partial charge in [0.2, 0.25) is 0 Å². The van der Waals surface area contributed by atoms with E-state index in [0.717, 1.165) is 4.57 Å². The number of hydrogen-bond donors (Lipinski definition) is 0. The lowest BCUT2D eigenvalue weighted by Crippen LogP contribution is -2.20. The molecular formula is C10H7IN2O6. The minimum absolute atomic E-state index is 0.184. The molecule has 19 heavy (non-hydrogen) atoms. The summed E-state index contributed by atoms with van der Waals surface area (Å²) in [5.41, 5.74) is 0.213. The smallest absolute Gasteiger partial charge is 0.420 e. The number of carbonyl (C=O) groups excluding carboxylic acids is 1. The molecule has 0 fully saturated rings. The van der Waals surface area contributed by atoms with E-state index in [4.69, 9.17) is 4.42 Å². The fourth-order valence-corrected chi connectivity index (χ4v) is 2.26. The van der Waals surface area contributed by atoms with Gasteiger partial charge >= 0.3 is 11.7 Å². The number of halogens is 1. The molecule has 0 aliphatic carbocycles. The van der Waals surface area contributed by atoms with Gasteiger partial charge in [0.25, 0.3) is 5.69 Å². The molecule has 0 aliphatic rings. The highest BCUT2D eigenvalue weighted by Gasteiger charge is 2.19. The van der Waals surface area contributed by atoms with Crippen LogP contribution in [-0.4, -0.2) is 22.6 Å². The normalized spacial score (nSPS) is 10.6. The highest BCUT2D eigenvalue weighted by molar-refractivity contribution is 14.1. The number of nitro benzene ring substituents is 1. The van der Waals surface area contributed by atoms with Gasteiger partial charge in [0.05, 0.1) is 21.1 Å². The first kappa shape index (κ1) is 13.5. The quantitative estimate of drug-likeness (QED) is 0.345. The molecule has 2 rings (SSSR count). The molecule has 100 valence electrons. The van der Waals surface area contributed by atoms with Crippen LogP contribution < -0.4 is 5.76 Å². The molecule has 0 unspecified atom stereocenters. The molecule has 0 amide bonds. The summed E-state index contributed by atoms with van der Waals surface area (Å²) in [7, 11) is 1.18. The molecule has 0 bridgehead atoms. The summed E-state index contributed by atoms with van der Waals surface area (Å²) in [4.78, 5) is 33.1. The lowest BCUT2D eigenvalue weighted by Gasteiger charge is -2.00. The van der Waals surface area contributed by atoms with E-state index in [1.807, 2.05) is 22.6 Å². The van der Waals surface area contributed by atoms with Crippen LogP contribution in [0.2, 0.25) is 0 Å². The Hall–Kier alpha value is -1.91. The van der Waals surface area contributed by atoms with Crippen molar-refractivity contribution >= 4 is 45.3 Å². The molecule has 0 saturated carbocycles. The van der Waals surface area contributed by atoms with Crippen molar-refractivity contribution in [3.8, 4) is 0 Å². The Bertz CT molecular complexity index is 731. The van der Waals surface area contributed by atoms with Gasteiger partial charge in [0.1, 0.15) is 6.54 Å². The van der Waals surface area contributed by atoms with Crippen molar-refractivity contribution in [2.24, 2.45) is 0 Å². The minimum Gasteiger partial charge on any atom is -0.468 e. The van der Waals surface area contributed by atoms with E-state index in [1.165, 1.54) is 19.2 Å². The first-order chi connectivity index (χ1) is 8.93. The van der Waals surface area contributed by atoms with Gasteiger partial charge in [-0.25, -0.2) is 4.79 Å². The van der Waals surface area contributed by atoms with Crippen LogP contribution in [-0.2, 0) is 16.1 Å². The lowest BCUT2D eigenvalue weighted by molar-refractivity contribution is -0.384. The Kier molecular flexibility index (Phi) is 3.55.